The van der Waals surface area contributed by atoms with Crippen molar-refractivity contribution in [2.24, 2.45) is 0 Å². The first-order chi connectivity index (χ1) is 8.69. The number of carbonyl (C=O) groups excluding carboxylic acids is 1. The molecular weight excluding hydrogens is 248 g/mol. The molecule has 0 radical (unpaired) electrons. The highest BCUT2D eigenvalue weighted by atomic mass is 35.5. The number of hydrogen-bond donors (Lipinski definition) is 0. The summed E-state index contributed by atoms with van der Waals surface area (Å²) >= 11 is 6.12. The summed E-state index contributed by atoms with van der Waals surface area (Å²) in [6.45, 7) is 2.38. The average Bonchev–Trinajstić information content (AvgIpc) is 2.38. The second kappa shape index (κ2) is 5.69. The minimum absolute atomic E-state index is 0.390. The molecule has 0 aliphatic carbocycles. The molecule has 0 fully saturated rings. The average molecular weight is 261 g/mol. The molecule has 18 heavy (non-hydrogen) atoms. The van der Waals surface area contributed by atoms with Crippen molar-refractivity contribution < 1.29 is 9.53 Å². The van der Waals surface area contributed by atoms with Crippen LogP contribution < -0.4 is 4.74 Å². The van der Waals surface area contributed by atoms with Gasteiger partial charge in [-0.05, 0) is 30.7 Å². The van der Waals surface area contributed by atoms with Crippen molar-refractivity contribution in [3.63, 3.8) is 0 Å². The molecule has 0 unspecified atom stereocenters. The van der Waals surface area contributed by atoms with Gasteiger partial charge in [-0.15, -0.1) is 0 Å². The first kappa shape index (κ1) is 12.7. The Balaban J connectivity index is 2.08. The van der Waals surface area contributed by atoms with Gasteiger partial charge in [-0.1, -0.05) is 35.9 Å². The van der Waals surface area contributed by atoms with E-state index in [9.17, 15) is 4.79 Å². The number of hydrogen-bond acceptors (Lipinski definition) is 2. The normalized spacial score (nSPS) is 10.1. The Morgan fingerprint density at radius 1 is 1.22 bits per heavy atom. The zero-order valence-electron chi connectivity index (χ0n) is 10.0. The summed E-state index contributed by atoms with van der Waals surface area (Å²) in [5, 5.41) is 0.696. The minimum Gasteiger partial charge on any atom is -0.489 e. The molecule has 0 atom stereocenters. The van der Waals surface area contributed by atoms with Crippen LogP contribution in [0.5, 0.6) is 5.75 Å². The number of ether oxygens (including phenoxy) is 1. The van der Waals surface area contributed by atoms with Crippen LogP contribution in [0.4, 0.5) is 0 Å². The fourth-order valence-corrected chi connectivity index (χ4v) is 1.90. The van der Waals surface area contributed by atoms with Crippen molar-refractivity contribution in [2.75, 3.05) is 0 Å². The van der Waals surface area contributed by atoms with E-state index in [2.05, 4.69) is 0 Å². The lowest BCUT2D eigenvalue weighted by Gasteiger charge is -2.08. The molecule has 0 amide bonds. The van der Waals surface area contributed by atoms with Gasteiger partial charge < -0.3 is 4.74 Å². The Morgan fingerprint density at radius 3 is 2.78 bits per heavy atom. The van der Waals surface area contributed by atoms with E-state index in [1.807, 2.05) is 31.2 Å². The molecule has 2 aromatic rings. The molecule has 0 aromatic heterocycles. The number of aldehydes is 1. The lowest BCUT2D eigenvalue weighted by Crippen LogP contribution is -1.97. The smallest absolute Gasteiger partial charge is 0.150 e. The fourth-order valence-electron chi connectivity index (χ4n) is 1.61. The van der Waals surface area contributed by atoms with E-state index >= 15 is 0 Å². The van der Waals surface area contributed by atoms with Crippen LogP contribution in [0.15, 0.2) is 42.5 Å². The highest BCUT2D eigenvalue weighted by Gasteiger charge is 2.02. The summed E-state index contributed by atoms with van der Waals surface area (Å²) in [7, 11) is 0. The van der Waals surface area contributed by atoms with Crippen molar-refractivity contribution in [3.8, 4) is 5.75 Å². The summed E-state index contributed by atoms with van der Waals surface area (Å²) in [5.74, 6) is 0.663. The number of halogens is 1. The third-order valence-corrected chi connectivity index (χ3v) is 2.95. The molecule has 0 bridgehead atoms. The molecular formula is C15H13ClO2. The van der Waals surface area contributed by atoms with Crippen LogP contribution in [-0.4, -0.2) is 6.29 Å². The van der Waals surface area contributed by atoms with Crippen molar-refractivity contribution >= 4 is 17.9 Å². The van der Waals surface area contributed by atoms with Gasteiger partial charge in [0.25, 0.3) is 0 Å². The van der Waals surface area contributed by atoms with E-state index < -0.39 is 0 Å². The summed E-state index contributed by atoms with van der Waals surface area (Å²) in [6.07, 6.45) is 0.797. The van der Waals surface area contributed by atoms with Crippen LogP contribution in [0.3, 0.4) is 0 Å². The highest BCUT2D eigenvalue weighted by Crippen LogP contribution is 2.20. The predicted molar refractivity (Wildman–Crippen MR) is 72.4 cm³/mol. The monoisotopic (exact) mass is 260 g/mol. The van der Waals surface area contributed by atoms with Gasteiger partial charge >= 0.3 is 0 Å². The number of rotatable bonds is 4. The molecule has 0 saturated heterocycles. The molecule has 92 valence electrons. The maximum absolute atomic E-state index is 10.6. The van der Waals surface area contributed by atoms with E-state index in [4.69, 9.17) is 16.3 Å². The van der Waals surface area contributed by atoms with Gasteiger partial charge in [0.15, 0.2) is 0 Å². The van der Waals surface area contributed by atoms with E-state index in [0.717, 1.165) is 17.4 Å². The van der Waals surface area contributed by atoms with Crippen molar-refractivity contribution in [2.45, 2.75) is 13.5 Å². The fraction of sp³-hybridized carbons (Fsp3) is 0.133. The molecule has 0 spiro atoms. The largest absolute Gasteiger partial charge is 0.489 e. The van der Waals surface area contributed by atoms with Crippen LogP contribution >= 0.6 is 11.6 Å². The SMILES string of the molecule is Cc1ccc(COc2cccc(C=O)c2)c(Cl)c1. The Hall–Kier alpha value is -1.80. The number of aryl methyl sites for hydroxylation is 1. The topological polar surface area (TPSA) is 26.3 Å². The molecule has 2 rings (SSSR count). The van der Waals surface area contributed by atoms with E-state index in [1.54, 1.807) is 18.2 Å². The maximum Gasteiger partial charge on any atom is 0.150 e. The third kappa shape index (κ3) is 3.11. The van der Waals surface area contributed by atoms with Gasteiger partial charge in [0.05, 0.1) is 0 Å². The highest BCUT2D eigenvalue weighted by molar-refractivity contribution is 6.31. The summed E-state index contributed by atoms with van der Waals surface area (Å²) in [5.41, 5.74) is 2.65. The van der Waals surface area contributed by atoms with E-state index in [0.29, 0.717) is 22.9 Å². The lowest BCUT2D eigenvalue weighted by molar-refractivity contribution is 0.112. The first-order valence-corrected chi connectivity index (χ1v) is 6.00. The van der Waals surface area contributed by atoms with Gasteiger partial charge in [-0.25, -0.2) is 0 Å². The van der Waals surface area contributed by atoms with Gasteiger partial charge in [-0.3, -0.25) is 4.79 Å². The van der Waals surface area contributed by atoms with Crippen LogP contribution in [0.25, 0.3) is 0 Å². The molecule has 0 heterocycles. The maximum atomic E-state index is 10.6. The van der Waals surface area contributed by atoms with Crippen molar-refractivity contribution in [1.82, 2.24) is 0 Å². The predicted octanol–water partition coefficient (Wildman–Crippen LogP) is 4.04. The van der Waals surface area contributed by atoms with Crippen LogP contribution in [0, 0.1) is 6.92 Å². The summed E-state index contributed by atoms with van der Waals surface area (Å²) < 4.78 is 5.61. The van der Waals surface area contributed by atoms with Gasteiger partial charge in [-0.2, -0.15) is 0 Å². The van der Waals surface area contributed by atoms with Crippen LogP contribution in [-0.2, 0) is 6.61 Å². The molecule has 3 heteroatoms. The Morgan fingerprint density at radius 2 is 2.06 bits per heavy atom. The lowest BCUT2D eigenvalue weighted by atomic mass is 10.1. The van der Waals surface area contributed by atoms with Crippen molar-refractivity contribution in [3.05, 3.63) is 64.2 Å². The van der Waals surface area contributed by atoms with Crippen LogP contribution in [0.2, 0.25) is 5.02 Å². The number of benzene rings is 2. The quantitative estimate of drug-likeness (QED) is 0.776. The molecule has 0 saturated carbocycles. The standard InChI is InChI=1S/C15H13ClO2/c1-11-5-6-13(15(16)7-11)10-18-14-4-2-3-12(8-14)9-17/h2-9H,10H2,1H3. The Kier molecular flexibility index (Phi) is 4.00. The second-order valence-corrected chi connectivity index (χ2v) is 4.48. The van der Waals surface area contributed by atoms with Gasteiger partial charge in [0.2, 0.25) is 0 Å². The molecule has 0 aliphatic heterocycles. The third-order valence-electron chi connectivity index (χ3n) is 2.60. The van der Waals surface area contributed by atoms with Crippen molar-refractivity contribution in [1.29, 1.82) is 0 Å². The first-order valence-electron chi connectivity index (χ1n) is 5.62. The zero-order valence-corrected chi connectivity index (χ0v) is 10.8. The second-order valence-electron chi connectivity index (χ2n) is 4.07. The molecule has 2 aromatic carbocycles. The zero-order chi connectivity index (χ0) is 13.0. The van der Waals surface area contributed by atoms with E-state index in [-0.39, 0.29) is 0 Å². The van der Waals surface area contributed by atoms with Gasteiger partial charge in [0.1, 0.15) is 18.6 Å². The minimum atomic E-state index is 0.390. The summed E-state index contributed by atoms with van der Waals surface area (Å²) in [4.78, 5) is 10.6. The Bertz CT molecular complexity index is 564. The molecule has 0 aliphatic rings. The molecule has 0 N–H and O–H groups in total. The number of carbonyl (C=O) groups is 1. The Labute approximate surface area is 111 Å². The molecule has 2 nitrogen and oxygen atoms in total. The van der Waals surface area contributed by atoms with E-state index in [1.165, 1.54) is 0 Å². The summed E-state index contributed by atoms with van der Waals surface area (Å²) in [6, 6.07) is 12.9. The van der Waals surface area contributed by atoms with Crippen LogP contribution in [0.1, 0.15) is 21.5 Å². The van der Waals surface area contributed by atoms with Gasteiger partial charge in [0, 0.05) is 16.1 Å².